The fraction of sp³-hybridized carbons (Fsp3) is 0.167. The molecular weight excluding hydrogens is 268 g/mol. The Morgan fingerprint density at radius 1 is 1.53 bits per heavy atom. The number of nitro groups is 1. The molecule has 1 heterocycles. The molecule has 2 aromatic rings. The summed E-state index contributed by atoms with van der Waals surface area (Å²) in [5.74, 6) is -0.574. The van der Waals surface area contributed by atoms with E-state index in [9.17, 15) is 14.9 Å². The van der Waals surface area contributed by atoms with Crippen LogP contribution in [0.25, 0.3) is 0 Å². The van der Waals surface area contributed by atoms with Gasteiger partial charge in [0, 0.05) is 18.3 Å². The molecule has 0 N–H and O–H groups in total. The van der Waals surface area contributed by atoms with Gasteiger partial charge in [-0.1, -0.05) is 6.07 Å². The number of nitrogens with zero attached hydrogens (tertiary/aromatic N) is 2. The van der Waals surface area contributed by atoms with Crippen molar-refractivity contribution < 1.29 is 14.5 Å². The normalized spacial score (nSPS) is 10.2. The van der Waals surface area contributed by atoms with Crippen LogP contribution in [0.15, 0.2) is 29.9 Å². The molecule has 7 heteroatoms. The minimum absolute atomic E-state index is 0.117. The Morgan fingerprint density at radius 2 is 2.32 bits per heavy atom. The van der Waals surface area contributed by atoms with Crippen LogP contribution in [0.1, 0.15) is 20.8 Å². The second kappa shape index (κ2) is 5.57. The van der Waals surface area contributed by atoms with Crippen LogP contribution in [-0.2, 0) is 11.3 Å². The van der Waals surface area contributed by atoms with Crippen LogP contribution in [0.2, 0.25) is 0 Å². The van der Waals surface area contributed by atoms with Gasteiger partial charge in [-0.2, -0.15) is 0 Å². The molecular formula is C12H10N2O4S. The van der Waals surface area contributed by atoms with Gasteiger partial charge in [0.15, 0.2) is 0 Å². The molecule has 1 aromatic carbocycles. The molecule has 0 saturated heterocycles. The van der Waals surface area contributed by atoms with E-state index in [1.54, 1.807) is 18.6 Å². The van der Waals surface area contributed by atoms with Crippen LogP contribution in [0.5, 0.6) is 0 Å². The minimum Gasteiger partial charge on any atom is -0.456 e. The molecule has 0 unspecified atom stereocenters. The number of benzene rings is 1. The van der Waals surface area contributed by atoms with Gasteiger partial charge in [0.2, 0.25) is 0 Å². The van der Waals surface area contributed by atoms with Gasteiger partial charge in [-0.05, 0) is 12.5 Å². The van der Waals surface area contributed by atoms with Crippen LogP contribution < -0.4 is 0 Å². The molecule has 0 aliphatic heterocycles. The summed E-state index contributed by atoms with van der Waals surface area (Å²) in [6, 6.07) is 4.11. The fourth-order valence-electron chi connectivity index (χ4n) is 1.47. The molecule has 1 aromatic heterocycles. The van der Waals surface area contributed by atoms with Crippen molar-refractivity contribution in [3.05, 3.63) is 56.0 Å². The molecule has 0 fully saturated rings. The van der Waals surface area contributed by atoms with E-state index >= 15 is 0 Å². The van der Waals surface area contributed by atoms with Crippen LogP contribution in [-0.4, -0.2) is 15.9 Å². The van der Waals surface area contributed by atoms with Gasteiger partial charge >= 0.3 is 5.97 Å². The van der Waals surface area contributed by atoms with E-state index in [2.05, 4.69) is 4.98 Å². The highest BCUT2D eigenvalue weighted by Gasteiger charge is 2.16. The summed E-state index contributed by atoms with van der Waals surface area (Å²) in [4.78, 5) is 26.7. The average Bonchev–Trinajstić information content (AvgIpc) is 2.89. The molecule has 0 bridgehead atoms. The van der Waals surface area contributed by atoms with Gasteiger partial charge in [0.1, 0.15) is 6.61 Å². The number of aryl methyl sites for hydroxylation is 1. The summed E-state index contributed by atoms with van der Waals surface area (Å²) in [5, 5.41) is 10.7. The highest BCUT2D eigenvalue weighted by Crippen LogP contribution is 2.19. The quantitative estimate of drug-likeness (QED) is 0.488. The number of carbonyl (C=O) groups is 1. The van der Waals surface area contributed by atoms with Gasteiger partial charge in [-0.25, -0.2) is 4.79 Å². The summed E-state index contributed by atoms with van der Waals surface area (Å²) in [6.45, 7) is 1.82. The number of hydrogen-bond acceptors (Lipinski definition) is 6. The third-order valence-electron chi connectivity index (χ3n) is 2.48. The topological polar surface area (TPSA) is 82.3 Å². The van der Waals surface area contributed by atoms with Crippen molar-refractivity contribution in [1.29, 1.82) is 0 Å². The SMILES string of the molecule is Cc1ccc([N+](=O)[O-])cc1C(=O)OCc1cncs1. The molecule has 0 aliphatic carbocycles. The molecule has 0 aliphatic rings. The van der Waals surface area contributed by atoms with Gasteiger partial charge in [-0.15, -0.1) is 11.3 Å². The number of ether oxygens (including phenoxy) is 1. The van der Waals surface area contributed by atoms with Gasteiger partial charge in [-0.3, -0.25) is 15.1 Å². The smallest absolute Gasteiger partial charge is 0.339 e. The van der Waals surface area contributed by atoms with Crippen molar-refractivity contribution in [3.63, 3.8) is 0 Å². The number of nitro benzene ring substituents is 1. The summed E-state index contributed by atoms with van der Waals surface area (Å²) in [7, 11) is 0. The Bertz CT molecular complexity index is 610. The van der Waals surface area contributed by atoms with E-state index in [4.69, 9.17) is 4.74 Å². The molecule has 6 nitrogen and oxygen atoms in total. The lowest BCUT2D eigenvalue weighted by Gasteiger charge is -2.05. The first-order valence-electron chi connectivity index (χ1n) is 5.37. The first-order chi connectivity index (χ1) is 9.08. The number of thiazole rings is 1. The minimum atomic E-state index is -0.574. The van der Waals surface area contributed by atoms with Crippen molar-refractivity contribution in [2.75, 3.05) is 0 Å². The molecule has 98 valence electrons. The molecule has 0 atom stereocenters. The molecule has 19 heavy (non-hydrogen) atoms. The number of non-ortho nitro benzene ring substituents is 1. The van der Waals surface area contributed by atoms with Gasteiger partial charge in [0.05, 0.1) is 20.9 Å². The maximum atomic E-state index is 11.9. The number of aromatic nitrogens is 1. The Morgan fingerprint density at radius 3 is 2.95 bits per heavy atom. The first kappa shape index (κ1) is 13.2. The Kier molecular flexibility index (Phi) is 3.86. The highest BCUT2D eigenvalue weighted by molar-refractivity contribution is 7.09. The maximum absolute atomic E-state index is 11.9. The zero-order valence-electron chi connectivity index (χ0n) is 10.0. The van der Waals surface area contributed by atoms with Crippen molar-refractivity contribution in [1.82, 2.24) is 4.98 Å². The van der Waals surface area contributed by atoms with Crippen molar-refractivity contribution >= 4 is 23.0 Å². The Balaban J connectivity index is 2.14. The number of hydrogen-bond donors (Lipinski definition) is 0. The van der Waals surface area contributed by atoms with E-state index in [0.29, 0.717) is 5.56 Å². The zero-order valence-corrected chi connectivity index (χ0v) is 10.8. The summed E-state index contributed by atoms with van der Waals surface area (Å²) in [6.07, 6.45) is 1.61. The lowest BCUT2D eigenvalue weighted by molar-refractivity contribution is -0.384. The maximum Gasteiger partial charge on any atom is 0.339 e. The first-order valence-corrected chi connectivity index (χ1v) is 6.25. The number of esters is 1. The predicted octanol–water partition coefficient (Wildman–Crippen LogP) is 2.72. The summed E-state index contributed by atoms with van der Waals surface area (Å²) >= 11 is 1.38. The molecule has 2 rings (SSSR count). The van der Waals surface area contributed by atoms with E-state index in [-0.39, 0.29) is 17.9 Å². The Labute approximate surface area is 112 Å². The summed E-state index contributed by atoms with van der Waals surface area (Å²) < 4.78 is 5.10. The van der Waals surface area contributed by atoms with Crippen LogP contribution in [0.4, 0.5) is 5.69 Å². The molecule has 0 radical (unpaired) electrons. The van der Waals surface area contributed by atoms with E-state index in [1.165, 1.54) is 29.5 Å². The standard InChI is InChI=1S/C12H10N2O4S/c1-8-2-3-9(14(16)17)4-11(8)12(15)18-6-10-5-13-7-19-10/h2-5,7H,6H2,1H3. The van der Waals surface area contributed by atoms with E-state index in [0.717, 1.165) is 4.88 Å². The van der Waals surface area contributed by atoms with Crippen LogP contribution >= 0.6 is 11.3 Å². The fourth-order valence-corrected chi connectivity index (χ4v) is 1.98. The number of rotatable bonds is 4. The number of carbonyl (C=O) groups excluding carboxylic acids is 1. The zero-order chi connectivity index (χ0) is 13.8. The largest absolute Gasteiger partial charge is 0.456 e. The van der Waals surface area contributed by atoms with Crippen molar-refractivity contribution in [2.45, 2.75) is 13.5 Å². The summed E-state index contributed by atoms with van der Waals surface area (Å²) in [5.41, 5.74) is 2.36. The monoisotopic (exact) mass is 278 g/mol. The van der Waals surface area contributed by atoms with Gasteiger partial charge in [0.25, 0.3) is 5.69 Å². The Hall–Kier alpha value is -2.28. The van der Waals surface area contributed by atoms with E-state index < -0.39 is 10.9 Å². The molecule has 0 amide bonds. The lowest BCUT2D eigenvalue weighted by atomic mass is 10.1. The lowest BCUT2D eigenvalue weighted by Crippen LogP contribution is -2.07. The van der Waals surface area contributed by atoms with Gasteiger partial charge < -0.3 is 4.74 Å². The second-order valence-corrected chi connectivity index (χ2v) is 4.77. The highest BCUT2D eigenvalue weighted by atomic mass is 32.1. The molecule has 0 saturated carbocycles. The van der Waals surface area contributed by atoms with E-state index in [1.807, 2.05) is 0 Å². The second-order valence-electron chi connectivity index (χ2n) is 3.80. The predicted molar refractivity (Wildman–Crippen MR) is 69.1 cm³/mol. The van der Waals surface area contributed by atoms with Crippen LogP contribution in [0, 0.1) is 17.0 Å². The third-order valence-corrected chi connectivity index (χ3v) is 3.23. The third kappa shape index (κ3) is 3.14. The molecule has 0 spiro atoms. The van der Waals surface area contributed by atoms with Crippen molar-refractivity contribution in [3.8, 4) is 0 Å². The van der Waals surface area contributed by atoms with Crippen molar-refractivity contribution in [2.24, 2.45) is 0 Å². The average molecular weight is 278 g/mol. The van der Waals surface area contributed by atoms with Crippen LogP contribution in [0.3, 0.4) is 0 Å².